The Labute approximate surface area is 185 Å². The lowest BCUT2D eigenvalue weighted by Crippen LogP contribution is -2.24. The van der Waals surface area contributed by atoms with E-state index in [-0.39, 0.29) is 18.0 Å². The lowest BCUT2D eigenvalue weighted by atomic mass is 10.2. The van der Waals surface area contributed by atoms with Gasteiger partial charge in [-0.05, 0) is 37.1 Å². The van der Waals surface area contributed by atoms with Gasteiger partial charge in [0.25, 0.3) is 0 Å². The molecule has 0 bridgehead atoms. The maximum absolute atomic E-state index is 12.9. The Hall–Kier alpha value is -3.00. The van der Waals surface area contributed by atoms with Gasteiger partial charge in [-0.2, -0.15) is 0 Å². The summed E-state index contributed by atoms with van der Waals surface area (Å²) in [7, 11) is 0. The summed E-state index contributed by atoms with van der Waals surface area (Å²) in [6.07, 6.45) is 2.82. The number of benzene rings is 2. The molecule has 0 saturated carbocycles. The van der Waals surface area contributed by atoms with Gasteiger partial charge < -0.3 is 20.1 Å². The molecule has 1 aliphatic rings. The summed E-state index contributed by atoms with van der Waals surface area (Å²) in [5.74, 6) is 2.04. The van der Waals surface area contributed by atoms with Crippen molar-refractivity contribution in [2.24, 2.45) is 0 Å². The maximum atomic E-state index is 12.9. The number of thioether (sulfide) groups is 1. The highest BCUT2D eigenvalue weighted by Crippen LogP contribution is 2.35. The Bertz CT molecular complexity index is 1080. The number of nitrogens with one attached hydrogen (secondary N) is 2. The van der Waals surface area contributed by atoms with E-state index in [9.17, 15) is 4.79 Å². The van der Waals surface area contributed by atoms with Crippen LogP contribution in [0.25, 0.3) is 10.9 Å². The number of aromatic nitrogens is 2. The second-order valence-corrected chi connectivity index (χ2v) is 8.39. The normalized spacial score (nSPS) is 13.2. The summed E-state index contributed by atoms with van der Waals surface area (Å²) >= 11 is 1.38. The van der Waals surface area contributed by atoms with Crippen molar-refractivity contribution in [2.45, 2.75) is 43.5 Å². The highest BCUT2D eigenvalue weighted by Gasteiger charge is 2.22. The SMILES string of the molecule is CCCCNc1nc(S[C@@H](CC)C(=O)Nc2ccc3c(c2)OCO3)nc2ccccc12. The molecule has 8 heteroatoms. The Balaban J connectivity index is 1.51. The first-order valence-electron chi connectivity index (χ1n) is 10.6. The van der Waals surface area contributed by atoms with Crippen LogP contribution in [0.1, 0.15) is 33.1 Å². The van der Waals surface area contributed by atoms with E-state index in [4.69, 9.17) is 14.5 Å². The molecular formula is C23H26N4O3S. The maximum Gasteiger partial charge on any atom is 0.237 e. The number of anilines is 2. The van der Waals surface area contributed by atoms with Crippen molar-refractivity contribution < 1.29 is 14.3 Å². The van der Waals surface area contributed by atoms with Gasteiger partial charge in [0, 0.05) is 23.7 Å². The monoisotopic (exact) mass is 438 g/mol. The molecule has 0 saturated heterocycles. The number of carbonyl (C=O) groups is 1. The molecule has 162 valence electrons. The predicted octanol–water partition coefficient (Wildman–Crippen LogP) is 5.08. The molecule has 1 aromatic heterocycles. The number of nitrogens with zero attached hydrogens (tertiary/aromatic N) is 2. The molecule has 0 spiro atoms. The fourth-order valence-electron chi connectivity index (χ4n) is 3.27. The Morgan fingerprint density at radius 3 is 2.81 bits per heavy atom. The first-order chi connectivity index (χ1) is 15.2. The number of ether oxygens (including phenoxy) is 2. The van der Waals surface area contributed by atoms with Crippen LogP contribution in [0, 0.1) is 0 Å². The minimum Gasteiger partial charge on any atom is -0.454 e. The number of rotatable bonds is 9. The summed E-state index contributed by atoms with van der Waals surface area (Å²) in [4.78, 5) is 22.3. The van der Waals surface area contributed by atoms with Crippen LogP contribution in [0.3, 0.4) is 0 Å². The summed E-state index contributed by atoms with van der Waals surface area (Å²) in [5, 5.41) is 7.64. The average Bonchev–Trinajstić information content (AvgIpc) is 3.25. The highest BCUT2D eigenvalue weighted by atomic mass is 32.2. The zero-order chi connectivity index (χ0) is 21.6. The molecule has 0 aliphatic carbocycles. The molecule has 1 amide bonds. The second kappa shape index (κ2) is 9.87. The summed E-state index contributed by atoms with van der Waals surface area (Å²) in [6, 6.07) is 13.3. The number of carbonyl (C=O) groups excluding carboxylic acids is 1. The summed E-state index contributed by atoms with van der Waals surface area (Å²) in [5.41, 5.74) is 1.54. The number of hydrogen-bond acceptors (Lipinski definition) is 7. The van der Waals surface area contributed by atoms with Crippen LogP contribution in [-0.4, -0.2) is 34.5 Å². The number of amides is 1. The first-order valence-corrected chi connectivity index (χ1v) is 11.4. The van der Waals surface area contributed by atoms with Crippen LogP contribution < -0.4 is 20.1 Å². The van der Waals surface area contributed by atoms with Crippen molar-refractivity contribution in [2.75, 3.05) is 24.0 Å². The van der Waals surface area contributed by atoms with E-state index in [1.54, 1.807) is 12.1 Å². The number of para-hydroxylation sites is 1. The molecule has 2 N–H and O–H groups in total. The Morgan fingerprint density at radius 2 is 1.97 bits per heavy atom. The molecule has 7 nitrogen and oxygen atoms in total. The lowest BCUT2D eigenvalue weighted by molar-refractivity contribution is -0.115. The molecule has 0 radical (unpaired) electrons. The van der Waals surface area contributed by atoms with Gasteiger partial charge in [0.15, 0.2) is 16.7 Å². The van der Waals surface area contributed by atoms with Crippen LogP contribution in [0.4, 0.5) is 11.5 Å². The standard InChI is InChI=1S/C23H26N4O3S/c1-3-5-12-24-21-16-8-6-7-9-17(16)26-23(27-21)31-20(4-2)22(28)25-15-10-11-18-19(13-15)30-14-29-18/h6-11,13,20H,3-5,12,14H2,1-2H3,(H,25,28)(H,24,26,27)/t20-/m0/s1. The lowest BCUT2D eigenvalue weighted by Gasteiger charge is -2.15. The molecular weight excluding hydrogens is 412 g/mol. The molecule has 2 aromatic carbocycles. The number of hydrogen-bond donors (Lipinski definition) is 2. The third-order valence-electron chi connectivity index (χ3n) is 4.96. The fourth-order valence-corrected chi connectivity index (χ4v) is 4.16. The minimum absolute atomic E-state index is 0.0939. The van der Waals surface area contributed by atoms with Crippen molar-refractivity contribution in [1.29, 1.82) is 0 Å². The quantitative estimate of drug-likeness (QED) is 0.274. The summed E-state index contributed by atoms with van der Waals surface area (Å²) in [6.45, 7) is 5.20. The van der Waals surface area contributed by atoms with Gasteiger partial charge in [-0.3, -0.25) is 4.79 Å². The Morgan fingerprint density at radius 1 is 1.13 bits per heavy atom. The van der Waals surface area contributed by atoms with Crippen LogP contribution in [0.15, 0.2) is 47.6 Å². The number of unbranched alkanes of at least 4 members (excludes halogenated alkanes) is 1. The molecule has 0 unspecified atom stereocenters. The van der Waals surface area contributed by atoms with E-state index in [1.165, 1.54) is 11.8 Å². The molecule has 1 atom stereocenters. The van der Waals surface area contributed by atoms with Crippen LogP contribution in [-0.2, 0) is 4.79 Å². The van der Waals surface area contributed by atoms with Crippen LogP contribution in [0.2, 0.25) is 0 Å². The zero-order valence-electron chi connectivity index (χ0n) is 17.7. The molecule has 4 rings (SSSR count). The van der Waals surface area contributed by atoms with Crippen molar-refractivity contribution >= 4 is 40.1 Å². The van der Waals surface area contributed by atoms with Gasteiger partial charge in [0.05, 0.1) is 10.8 Å². The molecule has 31 heavy (non-hydrogen) atoms. The number of fused-ring (bicyclic) bond motifs is 2. The van der Waals surface area contributed by atoms with Crippen molar-refractivity contribution in [3.63, 3.8) is 0 Å². The van der Waals surface area contributed by atoms with E-state index < -0.39 is 0 Å². The predicted molar refractivity (Wildman–Crippen MR) is 124 cm³/mol. The zero-order valence-corrected chi connectivity index (χ0v) is 18.5. The van der Waals surface area contributed by atoms with E-state index in [0.717, 1.165) is 36.1 Å². The highest BCUT2D eigenvalue weighted by molar-refractivity contribution is 8.00. The molecule has 0 fully saturated rings. The first kappa shape index (κ1) is 21.2. The minimum atomic E-state index is -0.324. The van der Waals surface area contributed by atoms with Crippen molar-refractivity contribution in [3.05, 3.63) is 42.5 Å². The van der Waals surface area contributed by atoms with Gasteiger partial charge in [-0.15, -0.1) is 0 Å². The van der Waals surface area contributed by atoms with E-state index >= 15 is 0 Å². The van der Waals surface area contributed by atoms with E-state index in [2.05, 4.69) is 22.5 Å². The van der Waals surface area contributed by atoms with Gasteiger partial charge in [-0.1, -0.05) is 44.2 Å². The fraction of sp³-hybridized carbons (Fsp3) is 0.348. The van der Waals surface area contributed by atoms with Crippen molar-refractivity contribution in [3.8, 4) is 11.5 Å². The molecule has 1 aliphatic heterocycles. The van der Waals surface area contributed by atoms with E-state index in [0.29, 0.717) is 28.8 Å². The second-order valence-electron chi connectivity index (χ2n) is 7.22. The topological polar surface area (TPSA) is 85.4 Å². The van der Waals surface area contributed by atoms with Crippen molar-refractivity contribution in [1.82, 2.24) is 9.97 Å². The van der Waals surface area contributed by atoms with Gasteiger partial charge in [-0.25, -0.2) is 9.97 Å². The van der Waals surface area contributed by atoms with Gasteiger partial charge in [0.2, 0.25) is 12.7 Å². The summed E-state index contributed by atoms with van der Waals surface area (Å²) < 4.78 is 10.7. The van der Waals surface area contributed by atoms with E-state index in [1.807, 2.05) is 37.3 Å². The average molecular weight is 439 g/mol. The third-order valence-corrected chi connectivity index (χ3v) is 6.18. The smallest absolute Gasteiger partial charge is 0.237 e. The molecule has 2 heterocycles. The van der Waals surface area contributed by atoms with Gasteiger partial charge >= 0.3 is 0 Å². The van der Waals surface area contributed by atoms with Crippen LogP contribution >= 0.6 is 11.8 Å². The molecule has 3 aromatic rings. The van der Waals surface area contributed by atoms with Gasteiger partial charge in [0.1, 0.15) is 5.82 Å². The third kappa shape index (κ3) is 5.02. The Kier molecular flexibility index (Phi) is 6.76. The van der Waals surface area contributed by atoms with Crippen LogP contribution in [0.5, 0.6) is 11.5 Å². The largest absolute Gasteiger partial charge is 0.454 e.